The molecule has 10 aromatic heterocycles. The van der Waals surface area contributed by atoms with Gasteiger partial charge >= 0.3 is 5.82 Å². The average molecular weight is 1340 g/mol. The number of fused-ring (bicyclic) bond motifs is 2. The lowest BCUT2D eigenvalue weighted by Crippen LogP contribution is -2.04. The van der Waals surface area contributed by atoms with Crippen molar-refractivity contribution in [2.24, 2.45) is 11.8 Å². The van der Waals surface area contributed by atoms with Crippen LogP contribution in [0.25, 0.3) is 74.6 Å². The Bertz CT molecular complexity index is 4710. The van der Waals surface area contributed by atoms with Gasteiger partial charge < -0.3 is 0 Å². The van der Waals surface area contributed by atoms with Crippen LogP contribution >= 0.6 is 113 Å². The molecule has 0 fully saturated rings. The van der Waals surface area contributed by atoms with Crippen LogP contribution in [0, 0.1) is 83.9 Å². The Morgan fingerprint density at radius 3 is 1.27 bits per heavy atom. The van der Waals surface area contributed by atoms with Crippen LogP contribution in [0.15, 0.2) is 97.3 Å². The van der Waals surface area contributed by atoms with Crippen molar-refractivity contribution in [2.75, 3.05) is 0 Å². The molecule has 0 N–H and O–H groups in total. The minimum atomic E-state index is 0.122. The first-order valence-electron chi connectivity index (χ1n) is 30.7. The fourth-order valence-corrected chi connectivity index (χ4v) is 22.5. The molecule has 0 bridgehead atoms. The molecule has 2 atom stereocenters. The molecule has 11 aromatic rings. The fourth-order valence-electron chi connectivity index (χ4n) is 11.5. The van der Waals surface area contributed by atoms with Gasteiger partial charge in [0.15, 0.2) is 0 Å². The fraction of sp³-hybridized carbons (Fsp3) is 0.333. The van der Waals surface area contributed by atoms with Crippen molar-refractivity contribution in [3.8, 4) is 33.3 Å². The molecule has 16 heteroatoms. The second-order valence-electron chi connectivity index (χ2n) is 22.4. The van der Waals surface area contributed by atoms with Crippen LogP contribution in [-0.2, 0) is 12.8 Å². The average Bonchev–Trinajstić information content (AvgIpc) is 1.59. The number of nitriles is 2. The molecule has 6 nitrogen and oxygen atoms in total. The Labute approximate surface area is 554 Å². The number of hydrogen-bond acceptors (Lipinski definition) is 14. The first-order valence-corrected chi connectivity index (χ1v) is 38.9. The smallest absolute Gasteiger partial charge is 0.244 e. The van der Waals surface area contributed by atoms with Crippen molar-refractivity contribution < 1.29 is 0 Å². The van der Waals surface area contributed by atoms with Crippen molar-refractivity contribution in [1.82, 2.24) is 9.97 Å². The quantitative estimate of drug-likeness (QED) is 0.0446. The number of thiophene rings is 8. The van der Waals surface area contributed by atoms with Gasteiger partial charge in [0.2, 0.25) is 0 Å². The second kappa shape index (κ2) is 30.7. The third-order valence-corrected chi connectivity index (χ3v) is 27.5. The molecule has 11 rings (SSSR count). The summed E-state index contributed by atoms with van der Waals surface area (Å²) in [4.78, 5) is 22.9. The molecule has 2 unspecified atom stereocenters. The zero-order chi connectivity index (χ0) is 60.9. The summed E-state index contributed by atoms with van der Waals surface area (Å²) in [5, 5.41) is 23.7. The Balaban J connectivity index is 1.08. The van der Waals surface area contributed by atoms with Crippen LogP contribution in [0.3, 0.4) is 0 Å². The van der Waals surface area contributed by atoms with Crippen LogP contribution in [0.1, 0.15) is 150 Å². The molecule has 0 saturated heterocycles. The van der Waals surface area contributed by atoms with Gasteiger partial charge in [-0.05, 0) is 122 Å². The standard InChI is InChI=1S/C72H68N6S10/c1-7-11-15-17-21-45(19-13-9-3)35-52-43-77-71(83-52)66-54-39-50(37-48-23-25-57(79-48)59-29-31-62(86-59)61-28-27-56(85-61)47(41-73)42-74)81-68(54)67(72-78-44-53(84-72)36-46(20-14-10-4)22-18-16-12-8-2)55-40-51(82-69(55)66)38-49-24-26-58(80-49)60-30-32-63(87-60)64-33-34-65(88-64)70(75-5)76-6/h23-34,37-40,43-46H,7-22,35-36H2,1-4H3/b48-37+,49-38+,59-57+,60-58+,62-61+,64-63+. The lowest BCUT2D eigenvalue weighted by Gasteiger charge is -2.15. The molecule has 0 aliphatic rings. The van der Waals surface area contributed by atoms with E-state index in [2.05, 4.69) is 123 Å². The number of rotatable bonds is 24. The summed E-state index contributed by atoms with van der Waals surface area (Å²) in [6.07, 6.45) is 31.7. The predicted molar refractivity (Wildman–Crippen MR) is 384 cm³/mol. The number of unbranched alkanes of at least 4 members (excludes halogenated alkanes) is 8. The maximum atomic E-state index is 9.50. The van der Waals surface area contributed by atoms with E-state index in [4.69, 9.17) is 23.1 Å². The summed E-state index contributed by atoms with van der Waals surface area (Å²) in [6.45, 7) is 24.2. The topological polar surface area (TPSA) is 82.1 Å². The highest BCUT2D eigenvalue weighted by atomic mass is 32.1. The summed E-state index contributed by atoms with van der Waals surface area (Å²) in [5.74, 6) is 1.44. The molecule has 1 aromatic carbocycles. The van der Waals surface area contributed by atoms with Crippen LogP contribution < -0.4 is 18.1 Å². The highest BCUT2D eigenvalue weighted by Crippen LogP contribution is 2.51. The van der Waals surface area contributed by atoms with Crippen molar-refractivity contribution >= 4 is 157 Å². The van der Waals surface area contributed by atoms with E-state index in [1.165, 1.54) is 203 Å². The van der Waals surface area contributed by atoms with Crippen LogP contribution in [0.4, 0.5) is 0 Å². The van der Waals surface area contributed by atoms with Crippen molar-refractivity contribution in [1.29, 1.82) is 10.5 Å². The first kappa shape index (κ1) is 63.6. The van der Waals surface area contributed by atoms with Crippen molar-refractivity contribution in [2.45, 2.75) is 143 Å². The molecular weight excluding hydrogens is 1270 g/mol. The van der Waals surface area contributed by atoms with Crippen molar-refractivity contribution in [3.63, 3.8) is 0 Å². The Kier molecular flexibility index (Phi) is 22.2. The van der Waals surface area contributed by atoms with Gasteiger partial charge in [0.05, 0.1) is 4.53 Å². The van der Waals surface area contributed by atoms with Crippen LogP contribution in [0.5, 0.6) is 0 Å². The van der Waals surface area contributed by atoms with E-state index in [1.54, 1.807) is 22.7 Å². The third-order valence-electron chi connectivity index (χ3n) is 16.0. The van der Waals surface area contributed by atoms with Gasteiger partial charge in [0.25, 0.3) is 0 Å². The SMILES string of the molecule is [C-]#[N+]C([N+]#[C-])=c1cc/c(=c2/cc/c(=c3/cc/c(=C\c4cc5c(-c6ncc(CC(CCCC)CCCCCC)s6)c6sc(/C=c7\cc/c(=c8/cc/c(=c9/ccc(=C(C#N)C#N)s9)s8)s7)cc6c(-c6ncc(CC(CCCC)CCCCCC)s6)c5s4)s3)s2)s1. The summed E-state index contributed by atoms with van der Waals surface area (Å²) >= 11 is 17.7. The molecule has 0 spiro atoms. The highest BCUT2D eigenvalue weighted by Gasteiger charge is 2.26. The molecule has 0 aliphatic carbocycles. The van der Waals surface area contributed by atoms with E-state index in [1.807, 2.05) is 104 Å². The molecule has 0 radical (unpaired) electrons. The monoisotopic (exact) mass is 1340 g/mol. The van der Waals surface area contributed by atoms with E-state index < -0.39 is 0 Å². The minimum Gasteiger partial charge on any atom is -0.244 e. The normalized spacial score (nSPS) is 14.3. The van der Waals surface area contributed by atoms with Gasteiger partial charge in [-0.3, -0.25) is 0 Å². The summed E-state index contributed by atoms with van der Waals surface area (Å²) in [7, 11) is 0. The Morgan fingerprint density at radius 1 is 0.455 bits per heavy atom. The molecule has 0 amide bonds. The third kappa shape index (κ3) is 15.1. The highest BCUT2D eigenvalue weighted by molar-refractivity contribution is 7.24. The molecule has 10 heterocycles. The van der Waals surface area contributed by atoms with Crippen LogP contribution in [-0.4, -0.2) is 9.97 Å². The molecule has 446 valence electrons. The lowest BCUT2D eigenvalue weighted by atomic mass is 9.92. The number of hydrogen-bond donors (Lipinski definition) is 0. The van der Waals surface area contributed by atoms with Gasteiger partial charge in [-0.2, -0.15) is 20.2 Å². The Hall–Kier alpha value is -5.96. The van der Waals surface area contributed by atoms with Crippen molar-refractivity contribution in [3.05, 3.63) is 194 Å². The molecule has 88 heavy (non-hydrogen) atoms. The number of benzene rings is 1. The summed E-state index contributed by atoms with van der Waals surface area (Å²) in [5.41, 5.74) is 2.62. The van der Waals surface area contributed by atoms with Gasteiger partial charge in [-0.1, -0.05) is 130 Å². The molecule has 0 saturated carbocycles. The number of nitrogens with zero attached hydrogens (tertiary/aromatic N) is 6. The van der Waals surface area contributed by atoms with E-state index in [-0.39, 0.29) is 11.4 Å². The minimum absolute atomic E-state index is 0.122. The van der Waals surface area contributed by atoms with Gasteiger partial charge in [0, 0.05) is 109 Å². The van der Waals surface area contributed by atoms with Crippen LogP contribution in [0.2, 0.25) is 0 Å². The van der Waals surface area contributed by atoms with Gasteiger partial charge in [-0.15, -0.1) is 113 Å². The number of aromatic nitrogens is 2. The maximum absolute atomic E-state index is 9.50. The zero-order valence-electron chi connectivity index (χ0n) is 50.0. The maximum Gasteiger partial charge on any atom is 0.536 e. The van der Waals surface area contributed by atoms with Gasteiger partial charge in [-0.25, -0.2) is 9.97 Å². The van der Waals surface area contributed by atoms with E-state index in [0.717, 1.165) is 41.0 Å². The molecule has 0 aliphatic heterocycles. The van der Waals surface area contributed by atoms with E-state index >= 15 is 0 Å². The van der Waals surface area contributed by atoms with E-state index in [9.17, 15) is 10.5 Å². The zero-order valence-corrected chi connectivity index (χ0v) is 58.2. The first-order chi connectivity index (χ1) is 43.2. The largest absolute Gasteiger partial charge is 0.536 e. The lowest BCUT2D eigenvalue weighted by molar-refractivity contribution is 0.412. The predicted octanol–water partition coefficient (Wildman–Crippen LogP) is 21.3. The van der Waals surface area contributed by atoms with E-state index in [0.29, 0.717) is 20.9 Å². The summed E-state index contributed by atoms with van der Waals surface area (Å²) < 4.78 is 15.6. The second-order valence-corrected chi connectivity index (χ2v) is 33.4. The summed E-state index contributed by atoms with van der Waals surface area (Å²) in [6, 6.07) is 34.5. The van der Waals surface area contributed by atoms with Gasteiger partial charge in [0.1, 0.15) is 45.4 Å². The number of thiazole rings is 2. The Morgan fingerprint density at radius 2 is 0.841 bits per heavy atom. The molecular formula is C72H68N6S10.